The van der Waals surface area contributed by atoms with Crippen molar-refractivity contribution in [1.29, 1.82) is 0 Å². The van der Waals surface area contributed by atoms with E-state index in [1.54, 1.807) is 13.0 Å². The molecule has 45 heavy (non-hydrogen) atoms. The van der Waals surface area contributed by atoms with Gasteiger partial charge in [0.05, 0.1) is 25.7 Å². The van der Waals surface area contributed by atoms with Gasteiger partial charge in [0.25, 0.3) is 5.09 Å². The summed E-state index contributed by atoms with van der Waals surface area (Å²) < 4.78 is 10.2. The summed E-state index contributed by atoms with van der Waals surface area (Å²) in [5.74, 6) is -3.47. The molecular weight excluding hydrogens is 592 g/mol. The van der Waals surface area contributed by atoms with Gasteiger partial charge in [-0.15, -0.1) is 10.1 Å². The molecule has 0 aromatic carbocycles. The molecule has 0 saturated heterocycles. The topological polar surface area (TPSA) is 209 Å². The summed E-state index contributed by atoms with van der Waals surface area (Å²) in [6, 6.07) is -1.39. The van der Waals surface area contributed by atoms with Crippen molar-refractivity contribution in [1.82, 2.24) is 5.32 Å². The van der Waals surface area contributed by atoms with E-state index in [0.29, 0.717) is 19.3 Å². The van der Waals surface area contributed by atoms with E-state index in [1.165, 1.54) is 0 Å². The van der Waals surface area contributed by atoms with Gasteiger partial charge in [-0.25, -0.2) is 4.79 Å². The molecule has 0 aromatic rings. The Morgan fingerprint density at radius 1 is 1.18 bits per heavy atom. The first-order valence-electron chi connectivity index (χ1n) is 15.3. The maximum Gasteiger partial charge on any atom is 0.329 e. The van der Waals surface area contributed by atoms with E-state index >= 15 is 0 Å². The predicted molar refractivity (Wildman–Crippen MR) is 154 cm³/mol. The van der Waals surface area contributed by atoms with Crippen LogP contribution in [-0.4, -0.2) is 82.3 Å². The molecule has 2 saturated carbocycles. The van der Waals surface area contributed by atoms with E-state index in [2.05, 4.69) is 16.2 Å². The number of aliphatic hydroxyl groups is 2. The summed E-state index contributed by atoms with van der Waals surface area (Å²) in [7, 11) is 0. The molecule has 2 fully saturated rings. The predicted octanol–water partition coefficient (Wildman–Crippen LogP) is 1.53. The Bertz CT molecular complexity index is 1290. The molecule has 1 amide bonds. The van der Waals surface area contributed by atoms with Gasteiger partial charge in [-0.3, -0.25) is 19.2 Å². The first-order chi connectivity index (χ1) is 21.1. The number of ether oxygens (including phenoxy) is 2. The van der Waals surface area contributed by atoms with Crippen molar-refractivity contribution in [3.63, 3.8) is 0 Å². The number of rotatable bonds is 13. The van der Waals surface area contributed by atoms with Crippen molar-refractivity contribution in [3.05, 3.63) is 33.9 Å². The molecule has 4 aliphatic rings. The molecule has 0 heterocycles. The van der Waals surface area contributed by atoms with E-state index in [9.17, 15) is 44.3 Å². The summed E-state index contributed by atoms with van der Waals surface area (Å²) in [6.07, 6.45) is 6.33. The van der Waals surface area contributed by atoms with Crippen LogP contribution in [0.2, 0.25) is 0 Å². The zero-order valence-corrected chi connectivity index (χ0v) is 25.8. The number of hydrogen-bond donors (Lipinski definition) is 3. The third-order valence-corrected chi connectivity index (χ3v) is 10.4. The minimum atomic E-state index is -1.86. The Morgan fingerprint density at radius 2 is 1.89 bits per heavy atom. The fourth-order valence-corrected chi connectivity index (χ4v) is 8.24. The SMILES string of the molecule is CC(=O)NC(CC(=O)OCC(=O)[C@@]1(O)CC[C@H]2[C@@H]3CC=C4CC(=O)C=C[C@]4(C)[C@H]3[C@@H](O)C[C@@]21C)C(=O)OCCCCO[N+](=O)[O-]. The van der Waals surface area contributed by atoms with Crippen LogP contribution in [0.25, 0.3) is 0 Å². The summed E-state index contributed by atoms with van der Waals surface area (Å²) >= 11 is 0. The number of nitrogens with one attached hydrogen (secondary N) is 1. The van der Waals surface area contributed by atoms with Crippen LogP contribution in [0.15, 0.2) is 23.8 Å². The highest BCUT2D eigenvalue weighted by Crippen LogP contribution is 2.66. The highest BCUT2D eigenvalue weighted by Gasteiger charge is 2.68. The zero-order valence-electron chi connectivity index (χ0n) is 25.8. The van der Waals surface area contributed by atoms with Gasteiger partial charge in [-0.2, -0.15) is 0 Å². The second-order valence-corrected chi connectivity index (χ2v) is 13.1. The molecule has 0 bridgehead atoms. The molecule has 4 aliphatic carbocycles. The number of amides is 1. The lowest BCUT2D eigenvalue weighted by molar-refractivity contribution is -0.757. The first kappa shape index (κ1) is 34.2. The number of hydrogen-bond acceptors (Lipinski definition) is 12. The molecule has 248 valence electrons. The van der Waals surface area contributed by atoms with E-state index in [-0.39, 0.29) is 62.4 Å². The van der Waals surface area contributed by atoms with Crippen LogP contribution in [0.1, 0.15) is 72.1 Å². The summed E-state index contributed by atoms with van der Waals surface area (Å²) in [5, 5.41) is 34.9. The molecule has 14 nitrogen and oxygen atoms in total. The average Bonchev–Trinajstić information content (AvgIpc) is 3.23. The normalized spacial score (nSPS) is 33.9. The summed E-state index contributed by atoms with van der Waals surface area (Å²) in [5.41, 5.74) is -2.34. The molecule has 14 heteroatoms. The number of carbonyl (C=O) groups is 5. The van der Waals surface area contributed by atoms with E-state index in [4.69, 9.17) is 9.47 Å². The molecule has 3 N–H and O–H groups in total. The fraction of sp³-hybridized carbons (Fsp3) is 0.710. The molecule has 0 radical (unpaired) electrons. The second kappa shape index (κ2) is 13.4. The zero-order chi connectivity index (χ0) is 33.2. The summed E-state index contributed by atoms with van der Waals surface area (Å²) in [6.45, 7) is 3.92. The van der Waals surface area contributed by atoms with E-state index in [1.807, 2.05) is 13.0 Å². The van der Waals surface area contributed by atoms with Crippen LogP contribution in [0, 0.1) is 38.7 Å². The number of unbranched alkanes of at least 4 members (excludes halogenated alkanes) is 1. The lowest BCUT2D eigenvalue weighted by Crippen LogP contribution is -2.61. The Hall–Kier alpha value is -3.65. The highest BCUT2D eigenvalue weighted by molar-refractivity contribution is 5.94. The van der Waals surface area contributed by atoms with Crippen molar-refractivity contribution in [2.75, 3.05) is 19.8 Å². The number of fused-ring (bicyclic) bond motifs is 5. The average molecular weight is 635 g/mol. The fourth-order valence-electron chi connectivity index (χ4n) is 8.24. The van der Waals surface area contributed by atoms with Crippen molar-refractivity contribution >= 4 is 29.4 Å². The van der Waals surface area contributed by atoms with Gasteiger partial charge >= 0.3 is 11.9 Å². The van der Waals surface area contributed by atoms with Crippen LogP contribution >= 0.6 is 0 Å². The van der Waals surface area contributed by atoms with Gasteiger partial charge < -0.3 is 29.8 Å². The number of carbonyl (C=O) groups excluding carboxylic acids is 5. The number of ketones is 2. The molecular formula is C31H42N2O12. The Labute approximate surface area is 260 Å². The standard InChI is InChI=1S/C31H42N2O12/c1-18(34)32-23(28(39)43-12-4-5-13-45-33(41)42)15-26(38)44-17-25(37)31(40)11-9-22-21-7-6-19-14-20(35)8-10-29(19,2)27(21)24(36)16-30(22,31)3/h6,8,10,21-24,27,36,40H,4-5,7,9,11-17H2,1-3H3,(H,32,34)/t21-,22-,23?,24-,27+,29-,30-,31-/m0/s1. The third kappa shape index (κ3) is 6.81. The van der Waals surface area contributed by atoms with Gasteiger partial charge in [0, 0.05) is 30.1 Å². The van der Waals surface area contributed by atoms with Gasteiger partial charge in [0.15, 0.2) is 12.4 Å². The van der Waals surface area contributed by atoms with Crippen molar-refractivity contribution in [2.45, 2.75) is 89.9 Å². The van der Waals surface area contributed by atoms with Crippen LogP contribution in [0.4, 0.5) is 0 Å². The molecule has 8 atom stereocenters. The van der Waals surface area contributed by atoms with Crippen LogP contribution in [0.5, 0.6) is 0 Å². The highest BCUT2D eigenvalue weighted by atomic mass is 16.9. The molecule has 4 rings (SSSR count). The minimum Gasteiger partial charge on any atom is -0.464 e. The van der Waals surface area contributed by atoms with Crippen molar-refractivity contribution < 1.29 is 53.6 Å². The maximum absolute atomic E-state index is 13.5. The van der Waals surface area contributed by atoms with Gasteiger partial charge in [0.2, 0.25) is 11.7 Å². The molecule has 1 unspecified atom stereocenters. The Morgan fingerprint density at radius 3 is 2.58 bits per heavy atom. The summed E-state index contributed by atoms with van der Waals surface area (Å²) in [4.78, 5) is 76.7. The third-order valence-electron chi connectivity index (χ3n) is 10.4. The Balaban J connectivity index is 1.36. The monoisotopic (exact) mass is 634 g/mol. The number of aliphatic hydroxyl groups excluding tert-OH is 1. The lowest BCUT2D eigenvalue weighted by atomic mass is 9.47. The smallest absolute Gasteiger partial charge is 0.329 e. The van der Waals surface area contributed by atoms with Crippen LogP contribution in [-0.2, 0) is 38.3 Å². The lowest BCUT2D eigenvalue weighted by Gasteiger charge is -2.58. The number of esters is 2. The van der Waals surface area contributed by atoms with E-state index in [0.717, 1.165) is 12.5 Å². The van der Waals surface area contributed by atoms with Crippen LogP contribution in [0.3, 0.4) is 0 Å². The maximum atomic E-state index is 13.5. The van der Waals surface area contributed by atoms with Crippen LogP contribution < -0.4 is 5.32 Å². The van der Waals surface area contributed by atoms with Gasteiger partial charge in [-0.05, 0) is 56.4 Å². The number of Topliss-reactive ketones (excluding diaryl/α,β-unsaturated/α-hetero) is 1. The first-order valence-corrected chi connectivity index (χ1v) is 15.3. The van der Waals surface area contributed by atoms with E-state index < -0.39 is 70.3 Å². The number of allylic oxidation sites excluding steroid dienone is 4. The van der Waals surface area contributed by atoms with Crippen molar-refractivity contribution in [3.8, 4) is 0 Å². The molecule has 0 spiro atoms. The molecule has 0 aliphatic heterocycles. The largest absolute Gasteiger partial charge is 0.464 e. The molecule has 0 aromatic heterocycles. The van der Waals surface area contributed by atoms with Gasteiger partial charge in [-0.1, -0.05) is 31.6 Å². The Kier molecular flexibility index (Phi) is 10.2. The van der Waals surface area contributed by atoms with Gasteiger partial charge in [0.1, 0.15) is 11.6 Å². The second-order valence-electron chi connectivity index (χ2n) is 13.1. The minimum absolute atomic E-state index is 0.0280. The quantitative estimate of drug-likeness (QED) is 0.0866. The van der Waals surface area contributed by atoms with Crippen molar-refractivity contribution in [2.24, 2.45) is 28.6 Å². The number of nitrogens with zero attached hydrogens (tertiary/aromatic N) is 1.